The van der Waals surface area contributed by atoms with E-state index in [0.717, 1.165) is 58.4 Å². The van der Waals surface area contributed by atoms with E-state index in [-0.39, 0.29) is 12.6 Å². The Bertz CT molecular complexity index is 962. The number of aliphatic hydroxyl groups excluding tert-OH is 1. The lowest BCUT2D eigenvalue weighted by atomic mass is 10.0. The maximum absolute atomic E-state index is 9.86. The molecule has 5 nitrogen and oxygen atoms in total. The van der Waals surface area contributed by atoms with Gasteiger partial charge in [0.1, 0.15) is 0 Å². The van der Waals surface area contributed by atoms with Crippen molar-refractivity contribution in [1.82, 2.24) is 14.5 Å². The van der Waals surface area contributed by atoms with Crippen molar-refractivity contribution >= 4 is 11.0 Å². The summed E-state index contributed by atoms with van der Waals surface area (Å²) in [4.78, 5) is 9.71. The summed E-state index contributed by atoms with van der Waals surface area (Å²) in [6.07, 6.45) is 4.92. The monoisotopic (exact) mass is 381 g/mol. The van der Waals surface area contributed by atoms with Crippen molar-refractivity contribution in [2.24, 2.45) is 0 Å². The van der Waals surface area contributed by atoms with Crippen LogP contribution >= 0.6 is 0 Å². The average molecular weight is 382 g/mol. The predicted molar refractivity (Wildman–Crippen MR) is 114 cm³/mol. The van der Waals surface area contributed by atoms with Crippen LogP contribution in [0.15, 0.2) is 24.4 Å². The fourth-order valence-corrected chi connectivity index (χ4v) is 3.85. The van der Waals surface area contributed by atoms with Crippen LogP contribution in [0.1, 0.15) is 56.5 Å². The lowest BCUT2D eigenvalue weighted by Crippen LogP contribution is -2.12. The third-order valence-electron chi connectivity index (χ3n) is 5.23. The van der Waals surface area contributed by atoms with E-state index >= 15 is 0 Å². The number of rotatable bonds is 8. The number of hydrogen-bond acceptors (Lipinski definition) is 4. The predicted octanol–water partition coefficient (Wildman–Crippen LogP) is 5.01. The highest BCUT2D eigenvalue weighted by Gasteiger charge is 2.18. The third kappa shape index (κ3) is 3.76. The molecule has 0 aliphatic heterocycles. The molecule has 1 N–H and O–H groups in total. The molecule has 1 atom stereocenters. The van der Waals surface area contributed by atoms with Gasteiger partial charge in [0.05, 0.1) is 41.7 Å². The van der Waals surface area contributed by atoms with Gasteiger partial charge >= 0.3 is 0 Å². The molecule has 0 aromatic carbocycles. The lowest BCUT2D eigenvalue weighted by Gasteiger charge is -2.17. The van der Waals surface area contributed by atoms with Gasteiger partial charge in [-0.25, -0.2) is 9.97 Å². The number of nitrogens with zero attached hydrogens (tertiary/aromatic N) is 3. The molecule has 0 aliphatic carbocycles. The number of aryl methyl sites for hydroxylation is 3. The van der Waals surface area contributed by atoms with Crippen LogP contribution in [0.4, 0.5) is 0 Å². The number of ether oxygens (including phenoxy) is 1. The third-order valence-corrected chi connectivity index (χ3v) is 5.23. The highest BCUT2D eigenvalue weighted by molar-refractivity contribution is 5.84. The maximum atomic E-state index is 9.86. The minimum Gasteiger partial charge on any atom is -0.478 e. The Morgan fingerprint density at radius 3 is 2.54 bits per heavy atom. The quantitative estimate of drug-likeness (QED) is 0.596. The molecule has 28 heavy (non-hydrogen) atoms. The number of hydrogen-bond donors (Lipinski definition) is 1. The molecule has 5 heteroatoms. The molecule has 0 amide bonds. The Hall–Kier alpha value is -2.40. The zero-order chi connectivity index (χ0) is 20.3. The maximum Gasteiger partial charge on any atom is 0.213 e. The van der Waals surface area contributed by atoms with Gasteiger partial charge < -0.3 is 14.4 Å². The van der Waals surface area contributed by atoms with Crippen LogP contribution in [0.5, 0.6) is 5.88 Å². The molecule has 0 saturated carbocycles. The van der Waals surface area contributed by atoms with Crippen LogP contribution < -0.4 is 4.74 Å². The van der Waals surface area contributed by atoms with Crippen LogP contribution in [-0.2, 0) is 6.42 Å². The standard InChI is InChI=1S/C23H31N3O2/c1-6-9-17(14-27)26-13-16(5)23-20(26)12-15(4)22(25-23)18-10-11-21(28-8-3)24-19(18)7-2/h10-13,17,27H,6-9,14H2,1-5H3/t17-/m0/s1. The van der Waals surface area contributed by atoms with E-state index in [1.54, 1.807) is 0 Å². The number of aliphatic hydroxyl groups is 1. The molecule has 0 fully saturated rings. The van der Waals surface area contributed by atoms with Crippen LogP contribution in [0.2, 0.25) is 0 Å². The van der Waals surface area contributed by atoms with E-state index in [1.807, 2.05) is 13.0 Å². The second-order valence-corrected chi connectivity index (χ2v) is 7.30. The van der Waals surface area contributed by atoms with E-state index in [0.29, 0.717) is 12.5 Å². The molecule has 3 heterocycles. The normalized spacial score (nSPS) is 12.5. The summed E-state index contributed by atoms with van der Waals surface area (Å²) < 4.78 is 7.75. The molecule has 0 unspecified atom stereocenters. The van der Waals surface area contributed by atoms with Gasteiger partial charge in [-0.2, -0.15) is 0 Å². The van der Waals surface area contributed by atoms with Crippen LogP contribution in [0.3, 0.4) is 0 Å². The molecule has 0 spiro atoms. The topological polar surface area (TPSA) is 60.2 Å². The van der Waals surface area contributed by atoms with E-state index in [9.17, 15) is 5.11 Å². The zero-order valence-corrected chi connectivity index (χ0v) is 17.6. The first-order valence-corrected chi connectivity index (χ1v) is 10.3. The molecule has 0 saturated heterocycles. The average Bonchev–Trinajstić information content (AvgIpc) is 3.01. The highest BCUT2D eigenvalue weighted by atomic mass is 16.5. The SMILES string of the molecule is CCC[C@@H](CO)n1cc(C)c2nc(-c3ccc(OCC)nc3CC)c(C)cc21. The van der Waals surface area contributed by atoms with Crippen molar-refractivity contribution in [2.75, 3.05) is 13.2 Å². The Morgan fingerprint density at radius 1 is 1.11 bits per heavy atom. The van der Waals surface area contributed by atoms with Crippen molar-refractivity contribution < 1.29 is 9.84 Å². The van der Waals surface area contributed by atoms with Gasteiger partial charge in [0.2, 0.25) is 5.88 Å². The Balaban J connectivity index is 2.14. The van der Waals surface area contributed by atoms with Crippen molar-refractivity contribution in [3.63, 3.8) is 0 Å². The molecule has 0 bridgehead atoms. The minimum absolute atomic E-state index is 0.0894. The molecule has 0 radical (unpaired) electrons. The first kappa shape index (κ1) is 20.3. The van der Waals surface area contributed by atoms with Crippen molar-refractivity contribution in [3.8, 4) is 17.1 Å². The first-order chi connectivity index (χ1) is 13.5. The summed E-state index contributed by atoms with van der Waals surface area (Å²) in [7, 11) is 0. The van der Waals surface area contributed by atoms with E-state index < -0.39 is 0 Å². The second-order valence-electron chi connectivity index (χ2n) is 7.30. The van der Waals surface area contributed by atoms with Crippen molar-refractivity contribution in [2.45, 2.75) is 59.9 Å². The smallest absolute Gasteiger partial charge is 0.213 e. The molecule has 150 valence electrons. The van der Waals surface area contributed by atoms with Gasteiger partial charge in [-0.05, 0) is 56.9 Å². The van der Waals surface area contributed by atoms with Crippen molar-refractivity contribution in [1.29, 1.82) is 0 Å². The first-order valence-electron chi connectivity index (χ1n) is 10.3. The number of aromatic nitrogens is 3. The Morgan fingerprint density at radius 2 is 1.89 bits per heavy atom. The summed E-state index contributed by atoms with van der Waals surface area (Å²) >= 11 is 0. The fourth-order valence-electron chi connectivity index (χ4n) is 3.85. The van der Waals surface area contributed by atoms with E-state index in [1.165, 1.54) is 0 Å². The van der Waals surface area contributed by atoms with Crippen LogP contribution in [-0.4, -0.2) is 32.9 Å². The van der Waals surface area contributed by atoms with E-state index in [4.69, 9.17) is 9.72 Å². The van der Waals surface area contributed by atoms with Crippen LogP contribution in [0, 0.1) is 13.8 Å². The molecule has 3 aromatic rings. The summed E-state index contributed by atoms with van der Waals surface area (Å²) in [5.74, 6) is 0.662. The van der Waals surface area contributed by atoms with E-state index in [2.05, 4.69) is 55.6 Å². The van der Waals surface area contributed by atoms with Crippen molar-refractivity contribution in [3.05, 3.63) is 41.2 Å². The zero-order valence-electron chi connectivity index (χ0n) is 17.6. The highest BCUT2D eigenvalue weighted by Crippen LogP contribution is 2.32. The molecular weight excluding hydrogens is 350 g/mol. The Labute approximate surface area is 167 Å². The second kappa shape index (κ2) is 8.74. The molecule has 3 rings (SSSR count). The molecular formula is C23H31N3O2. The number of pyridine rings is 2. The van der Waals surface area contributed by atoms with Gasteiger partial charge in [0.15, 0.2) is 0 Å². The molecule has 0 aliphatic rings. The summed E-state index contributed by atoms with van der Waals surface area (Å²) in [5, 5.41) is 9.86. The van der Waals surface area contributed by atoms with Crippen LogP contribution in [0.25, 0.3) is 22.3 Å². The summed E-state index contributed by atoms with van der Waals surface area (Å²) in [5.41, 5.74) is 7.34. The summed E-state index contributed by atoms with van der Waals surface area (Å²) in [6, 6.07) is 6.27. The number of fused-ring (bicyclic) bond motifs is 1. The summed E-state index contributed by atoms with van der Waals surface area (Å²) in [6.45, 7) is 11.1. The minimum atomic E-state index is 0.0894. The van der Waals surface area contributed by atoms with Gasteiger partial charge in [-0.15, -0.1) is 0 Å². The fraction of sp³-hybridized carbons (Fsp3) is 0.478. The largest absolute Gasteiger partial charge is 0.478 e. The molecule has 3 aromatic heterocycles. The van der Waals surface area contributed by atoms with Gasteiger partial charge in [0.25, 0.3) is 0 Å². The Kier molecular flexibility index (Phi) is 6.35. The van der Waals surface area contributed by atoms with Gasteiger partial charge in [-0.3, -0.25) is 0 Å². The van der Waals surface area contributed by atoms with Gasteiger partial charge in [-0.1, -0.05) is 20.3 Å². The van der Waals surface area contributed by atoms with Gasteiger partial charge in [0, 0.05) is 17.8 Å². The lowest BCUT2D eigenvalue weighted by molar-refractivity contribution is 0.223.